The third-order valence-electron chi connectivity index (χ3n) is 3.99. The lowest BCUT2D eigenvalue weighted by atomic mass is 10.1. The smallest absolute Gasteiger partial charge is 0.271 e. The van der Waals surface area contributed by atoms with Gasteiger partial charge in [0.1, 0.15) is 12.4 Å². The molecule has 0 bridgehead atoms. The number of carbonyl (C=O) groups is 1. The molecule has 0 radical (unpaired) electrons. The summed E-state index contributed by atoms with van der Waals surface area (Å²) in [7, 11) is 0. The van der Waals surface area contributed by atoms with Crippen molar-refractivity contribution in [2.24, 2.45) is 5.10 Å². The number of rotatable bonds is 7. The van der Waals surface area contributed by atoms with E-state index in [1.165, 1.54) is 0 Å². The van der Waals surface area contributed by atoms with Crippen molar-refractivity contribution in [3.63, 3.8) is 0 Å². The Morgan fingerprint density at radius 3 is 2.25 bits per heavy atom. The average Bonchev–Trinajstić information content (AvgIpc) is 2.74. The van der Waals surface area contributed by atoms with Crippen molar-refractivity contribution in [1.82, 2.24) is 5.43 Å². The second kappa shape index (κ2) is 9.88. The molecular formula is C24H22N2O2. The maximum Gasteiger partial charge on any atom is 0.271 e. The minimum Gasteiger partial charge on any atom is -0.489 e. The zero-order chi connectivity index (χ0) is 19.6. The number of allylic oxidation sites excluding steroid dienone is 1. The summed E-state index contributed by atoms with van der Waals surface area (Å²) in [5.41, 5.74) is 6.12. The van der Waals surface area contributed by atoms with Gasteiger partial charge in [-0.1, -0.05) is 66.7 Å². The molecule has 1 amide bonds. The van der Waals surface area contributed by atoms with Crippen LogP contribution in [0.15, 0.2) is 95.6 Å². The number of benzene rings is 3. The molecule has 0 aromatic heterocycles. The highest BCUT2D eigenvalue weighted by molar-refractivity contribution is 5.95. The van der Waals surface area contributed by atoms with E-state index in [1.54, 1.807) is 18.3 Å². The lowest BCUT2D eigenvalue weighted by molar-refractivity contribution is 0.0955. The molecular weight excluding hydrogens is 348 g/mol. The van der Waals surface area contributed by atoms with Gasteiger partial charge < -0.3 is 4.74 Å². The summed E-state index contributed by atoms with van der Waals surface area (Å²) in [6.07, 6.45) is 3.63. The zero-order valence-corrected chi connectivity index (χ0v) is 15.7. The van der Waals surface area contributed by atoms with Gasteiger partial charge in [0.05, 0.1) is 6.21 Å². The van der Waals surface area contributed by atoms with Crippen LogP contribution in [-0.4, -0.2) is 12.1 Å². The van der Waals surface area contributed by atoms with Gasteiger partial charge in [-0.15, -0.1) is 0 Å². The lowest BCUT2D eigenvalue weighted by Gasteiger charge is -2.06. The van der Waals surface area contributed by atoms with Crippen LogP contribution in [0.5, 0.6) is 5.75 Å². The molecule has 0 aliphatic heterocycles. The molecule has 1 N–H and O–H groups in total. The molecule has 140 valence electrons. The number of hydrogen-bond donors (Lipinski definition) is 1. The van der Waals surface area contributed by atoms with E-state index in [0.717, 1.165) is 22.4 Å². The van der Waals surface area contributed by atoms with Crippen LogP contribution in [0.25, 0.3) is 6.08 Å². The average molecular weight is 370 g/mol. The highest BCUT2D eigenvalue weighted by Gasteiger charge is 2.04. The van der Waals surface area contributed by atoms with Crippen LogP contribution < -0.4 is 10.2 Å². The molecule has 0 saturated carbocycles. The van der Waals surface area contributed by atoms with Crippen LogP contribution >= 0.6 is 0 Å². The fourth-order valence-corrected chi connectivity index (χ4v) is 2.54. The summed E-state index contributed by atoms with van der Waals surface area (Å²) in [6, 6.07) is 26.9. The number of hydrazone groups is 1. The molecule has 0 heterocycles. The lowest BCUT2D eigenvalue weighted by Crippen LogP contribution is -2.17. The van der Waals surface area contributed by atoms with E-state index >= 15 is 0 Å². The van der Waals surface area contributed by atoms with Crippen LogP contribution in [0, 0.1) is 0 Å². The second-order valence-electron chi connectivity index (χ2n) is 6.30. The van der Waals surface area contributed by atoms with Crippen LogP contribution in [0.2, 0.25) is 0 Å². The molecule has 0 saturated heterocycles. The number of amides is 1. The molecule has 0 atom stereocenters. The minimum atomic E-state index is -0.251. The number of nitrogens with one attached hydrogen (secondary N) is 1. The normalized spacial score (nSPS) is 11.4. The summed E-state index contributed by atoms with van der Waals surface area (Å²) in [5, 5.41) is 4.02. The number of carbonyl (C=O) groups excluding carboxylic acids is 1. The van der Waals surface area contributed by atoms with E-state index in [2.05, 4.69) is 10.5 Å². The largest absolute Gasteiger partial charge is 0.489 e. The molecule has 0 aliphatic rings. The van der Waals surface area contributed by atoms with Crippen molar-refractivity contribution >= 4 is 18.2 Å². The van der Waals surface area contributed by atoms with E-state index in [-0.39, 0.29) is 5.91 Å². The Hall–Kier alpha value is -3.66. The summed E-state index contributed by atoms with van der Waals surface area (Å²) in [4.78, 5) is 12.2. The highest BCUT2D eigenvalue weighted by Crippen LogP contribution is 2.12. The van der Waals surface area contributed by atoms with Crippen LogP contribution in [0.4, 0.5) is 0 Å². The molecule has 0 unspecified atom stereocenters. The molecule has 0 spiro atoms. The molecule has 4 nitrogen and oxygen atoms in total. The Balaban J connectivity index is 1.51. The number of para-hydroxylation sites is 1. The van der Waals surface area contributed by atoms with Gasteiger partial charge in [-0.05, 0) is 47.9 Å². The Kier molecular flexibility index (Phi) is 6.74. The fraction of sp³-hybridized carbons (Fsp3) is 0.0833. The first kappa shape index (κ1) is 19.1. The van der Waals surface area contributed by atoms with Gasteiger partial charge >= 0.3 is 0 Å². The van der Waals surface area contributed by atoms with Gasteiger partial charge in [-0.2, -0.15) is 5.10 Å². The van der Waals surface area contributed by atoms with E-state index in [1.807, 2.05) is 85.8 Å². The standard InChI is InChI=1S/C24H22N2O2/c1-19(16-20-8-4-2-5-9-20)17-25-26-24(27)22-14-12-21(13-15-22)18-28-23-10-6-3-7-11-23/h2-17H,18H2,1H3,(H,26,27)/b19-16+,25-17-. The van der Waals surface area contributed by atoms with Crippen LogP contribution in [0.1, 0.15) is 28.4 Å². The Morgan fingerprint density at radius 1 is 0.929 bits per heavy atom. The summed E-state index contributed by atoms with van der Waals surface area (Å²) in [6.45, 7) is 2.39. The van der Waals surface area contributed by atoms with E-state index in [4.69, 9.17) is 4.74 Å². The topological polar surface area (TPSA) is 50.7 Å². The maximum absolute atomic E-state index is 12.2. The van der Waals surface area contributed by atoms with Crippen molar-refractivity contribution in [3.8, 4) is 5.75 Å². The highest BCUT2D eigenvalue weighted by atomic mass is 16.5. The molecule has 4 heteroatoms. The SMILES string of the molecule is CC(/C=N\NC(=O)c1ccc(COc2ccccc2)cc1)=C\c1ccccc1. The van der Waals surface area contributed by atoms with Gasteiger partial charge in [-0.3, -0.25) is 4.79 Å². The van der Waals surface area contributed by atoms with Crippen molar-refractivity contribution in [2.45, 2.75) is 13.5 Å². The van der Waals surface area contributed by atoms with Gasteiger partial charge in [-0.25, -0.2) is 5.43 Å². The van der Waals surface area contributed by atoms with Crippen LogP contribution in [0.3, 0.4) is 0 Å². The first-order valence-electron chi connectivity index (χ1n) is 9.04. The van der Waals surface area contributed by atoms with Crippen molar-refractivity contribution in [2.75, 3.05) is 0 Å². The molecule has 0 fully saturated rings. The second-order valence-corrected chi connectivity index (χ2v) is 6.30. The maximum atomic E-state index is 12.2. The van der Waals surface area contributed by atoms with E-state index in [0.29, 0.717) is 12.2 Å². The van der Waals surface area contributed by atoms with Gasteiger partial charge in [0.15, 0.2) is 0 Å². The Bertz CT molecular complexity index is 947. The predicted octanol–water partition coefficient (Wildman–Crippen LogP) is 5.08. The van der Waals surface area contributed by atoms with Crippen molar-refractivity contribution in [1.29, 1.82) is 0 Å². The third kappa shape index (κ3) is 5.95. The number of ether oxygens (including phenoxy) is 1. The first-order valence-corrected chi connectivity index (χ1v) is 9.04. The quantitative estimate of drug-likeness (QED) is 0.465. The summed E-state index contributed by atoms with van der Waals surface area (Å²) >= 11 is 0. The molecule has 0 aliphatic carbocycles. The van der Waals surface area contributed by atoms with Gasteiger partial charge in [0, 0.05) is 5.56 Å². The Morgan fingerprint density at radius 2 is 1.57 bits per heavy atom. The monoisotopic (exact) mass is 370 g/mol. The zero-order valence-electron chi connectivity index (χ0n) is 15.7. The van der Waals surface area contributed by atoms with Crippen LogP contribution in [-0.2, 0) is 6.61 Å². The minimum absolute atomic E-state index is 0.251. The first-order chi connectivity index (χ1) is 13.7. The molecule has 3 aromatic carbocycles. The van der Waals surface area contributed by atoms with E-state index in [9.17, 15) is 4.79 Å². The fourth-order valence-electron chi connectivity index (χ4n) is 2.54. The third-order valence-corrected chi connectivity index (χ3v) is 3.99. The summed E-state index contributed by atoms with van der Waals surface area (Å²) < 4.78 is 5.70. The molecule has 3 rings (SSSR count). The van der Waals surface area contributed by atoms with Gasteiger partial charge in [0.2, 0.25) is 0 Å². The summed E-state index contributed by atoms with van der Waals surface area (Å²) in [5.74, 6) is 0.567. The predicted molar refractivity (Wildman–Crippen MR) is 113 cm³/mol. The Labute approximate surface area is 165 Å². The van der Waals surface area contributed by atoms with Gasteiger partial charge in [0.25, 0.3) is 5.91 Å². The van der Waals surface area contributed by atoms with Crippen molar-refractivity contribution < 1.29 is 9.53 Å². The van der Waals surface area contributed by atoms with E-state index < -0.39 is 0 Å². The number of hydrogen-bond acceptors (Lipinski definition) is 3. The molecule has 28 heavy (non-hydrogen) atoms. The molecule has 3 aromatic rings. The number of nitrogens with zero attached hydrogens (tertiary/aromatic N) is 1. The van der Waals surface area contributed by atoms with Crippen molar-refractivity contribution in [3.05, 3.63) is 107 Å².